The van der Waals surface area contributed by atoms with Gasteiger partial charge in [-0.3, -0.25) is 4.99 Å². The lowest BCUT2D eigenvalue weighted by Crippen LogP contribution is -2.29. The van der Waals surface area contributed by atoms with Crippen molar-refractivity contribution in [2.75, 3.05) is 7.05 Å². The van der Waals surface area contributed by atoms with Crippen molar-refractivity contribution >= 4 is 32.9 Å². The summed E-state index contributed by atoms with van der Waals surface area (Å²) < 4.78 is 1.02. The van der Waals surface area contributed by atoms with E-state index in [4.69, 9.17) is 0 Å². The average molecular weight is 274 g/mol. The summed E-state index contributed by atoms with van der Waals surface area (Å²) in [5.74, 6) is 0. The van der Waals surface area contributed by atoms with Crippen molar-refractivity contribution in [2.24, 2.45) is 10.1 Å². The molecular weight excluding hydrogens is 252 g/mol. The summed E-state index contributed by atoms with van der Waals surface area (Å²) in [5, 5.41) is 13.6. The molecule has 0 aromatic heterocycles. The van der Waals surface area contributed by atoms with Gasteiger partial charge in [0.25, 0.3) is 0 Å². The standard InChI is InChI=1S/C12H22N2OS2/c1-4-6-8-12(9-7-5-2)10(14-15)16-11(13-3)17-12/h15H,4-9H2,1-3H3/b13-11?,14-10-. The second-order valence-corrected chi connectivity index (χ2v) is 6.91. The molecule has 0 atom stereocenters. The summed E-state index contributed by atoms with van der Waals surface area (Å²) in [4.78, 5) is 4.25. The Hall–Kier alpha value is -0.160. The zero-order valence-electron chi connectivity index (χ0n) is 10.9. The molecule has 5 heteroatoms. The largest absolute Gasteiger partial charge is 0.410 e. The highest BCUT2D eigenvalue weighted by atomic mass is 32.2. The molecule has 0 aromatic rings. The number of hydrogen-bond acceptors (Lipinski definition) is 5. The van der Waals surface area contributed by atoms with Crippen LogP contribution in [0.1, 0.15) is 52.4 Å². The molecule has 1 aliphatic rings. The van der Waals surface area contributed by atoms with Crippen LogP contribution in [0.15, 0.2) is 10.1 Å². The number of nitrogens with zero attached hydrogens (tertiary/aromatic N) is 2. The Balaban J connectivity index is 2.86. The van der Waals surface area contributed by atoms with Crippen molar-refractivity contribution in [1.82, 2.24) is 0 Å². The van der Waals surface area contributed by atoms with E-state index in [0.29, 0.717) is 0 Å². The molecule has 1 rings (SSSR count). The van der Waals surface area contributed by atoms with Crippen LogP contribution in [0, 0.1) is 0 Å². The lowest BCUT2D eigenvalue weighted by atomic mass is 9.96. The first-order chi connectivity index (χ1) is 8.22. The Labute approximate surface area is 113 Å². The third-order valence-corrected chi connectivity index (χ3v) is 6.00. The number of unbranched alkanes of at least 4 members (excludes halogenated alkanes) is 2. The van der Waals surface area contributed by atoms with E-state index in [-0.39, 0.29) is 4.75 Å². The number of aliphatic imine (C=N–C) groups is 1. The minimum Gasteiger partial charge on any atom is -0.410 e. The highest BCUT2D eigenvalue weighted by Gasteiger charge is 2.44. The molecule has 1 saturated heterocycles. The van der Waals surface area contributed by atoms with Crippen LogP contribution in [-0.2, 0) is 0 Å². The highest BCUT2D eigenvalue weighted by Crippen LogP contribution is 2.50. The molecule has 0 amide bonds. The average Bonchev–Trinajstić information content (AvgIpc) is 2.72. The van der Waals surface area contributed by atoms with Gasteiger partial charge in [0, 0.05) is 7.05 Å². The summed E-state index contributed by atoms with van der Waals surface area (Å²) >= 11 is 3.32. The molecular formula is C12H22N2OS2. The van der Waals surface area contributed by atoms with Gasteiger partial charge >= 0.3 is 0 Å². The first kappa shape index (κ1) is 14.9. The molecule has 1 heterocycles. The van der Waals surface area contributed by atoms with Gasteiger partial charge in [0.1, 0.15) is 9.42 Å². The molecule has 0 unspecified atom stereocenters. The van der Waals surface area contributed by atoms with Gasteiger partial charge in [-0.1, -0.05) is 56.4 Å². The van der Waals surface area contributed by atoms with Crippen molar-refractivity contribution in [3.63, 3.8) is 0 Å². The normalized spacial score (nSPS) is 23.7. The van der Waals surface area contributed by atoms with E-state index in [1.54, 1.807) is 18.8 Å². The lowest BCUT2D eigenvalue weighted by Gasteiger charge is -2.26. The van der Waals surface area contributed by atoms with Gasteiger partial charge < -0.3 is 5.21 Å². The molecule has 0 bridgehead atoms. The molecule has 0 saturated carbocycles. The van der Waals surface area contributed by atoms with Crippen LogP contribution >= 0.6 is 23.5 Å². The van der Waals surface area contributed by atoms with Gasteiger partial charge in [0.2, 0.25) is 0 Å². The van der Waals surface area contributed by atoms with Crippen LogP contribution in [-0.4, -0.2) is 26.4 Å². The van der Waals surface area contributed by atoms with Crippen LogP contribution in [0.2, 0.25) is 0 Å². The number of rotatable bonds is 6. The van der Waals surface area contributed by atoms with Crippen LogP contribution in [0.5, 0.6) is 0 Å². The molecule has 1 aliphatic heterocycles. The van der Waals surface area contributed by atoms with Gasteiger partial charge in [0.05, 0.1) is 4.75 Å². The highest BCUT2D eigenvalue weighted by molar-refractivity contribution is 8.50. The van der Waals surface area contributed by atoms with Gasteiger partial charge in [-0.2, -0.15) is 0 Å². The molecule has 0 aliphatic carbocycles. The van der Waals surface area contributed by atoms with Gasteiger partial charge in [0.15, 0.2) is 0 Å². The molecule has 1 N–H and O–H groups in total. The van der Waals surface area contributed by atoms with Crippen molar-refractivity contribution in [3.05, 3.63) is 0 Å². The van der Waals surface area contributed by atoms with Crippen molar-refractivity contribution in [3.8, 4) is 0 Å². The fourth-order valence-electron chi connectivity index (χ4n) is 1.98. The topological polar surface area (TPSA) is 45.0 Å². The third-order valence-electron chi connectivity index (χ3n) is 3.00. The van der Waals surface area contributed by atoms with Crippen LogP contribution < -0.4 is 0 Å². The van der Waals surface area contributed by atoms with Crippen LogP contribution in [0.3, 0.4) is 0 Å². The second-order valence-electron chi connectivity index (χ2n) is 4.30. The first-order valence-corrected chi connectivity index (χ1v) is 7.92. The van der Waals surface area contributed by atoms with Crippen LogP contribution in [0.25, 0.3) is 0 Å². The van der Waals surface area contributed by atoms with Crippen molar-refractivity contribution in [1.29, 1.82) is 0 Å². The molecule has 0 radical (unpaired) electrons. The zero-order chi connectivity index (χ0) is 12.7. The minimum absolute atomic E-state index is 0.0136. The maximum absolute atomic E-state index is 9.21. The van der Waals surface area contributed by atoms with E-state index in [2.05, 4.69) is 24.0 Å². The maximum atomic E-state index is 9.21. The maximum Gasteiger partial charge on any atom is 0.136 e. The predicted octanol–water partition coefficient (Wildman–Crippen LogP) is 4.36. The number of thioether (sulfide) groups is 2. The van der Waals surface area contributed by atoms with Gasteiger partial charge in [-0.15, -0.1) is 0 Å². The van der Waals surface area contributed by atoms with Crippen LogP contribution in [0.4, 0.5) is 0 Å². The summed E-state index contributed by atoms with van der Waals surface area (Å²) in [6, 6.07) is 0. The number of hydrogen-bond donors (Lipinski definition) is 1. The Morgan fingerprint density at radius 3 is 2.18 bits per heavy atom. The van der Waals surface area contributed by atoms with E-state index in [0.717, 1.165) is 22.3 Å². The fraction of sp³-hybridized carbons (Fsp3) is 0.833. The molecule has 17 heavy (non-hydrogen) atoms. The number of oxime groups is 1. The molecule has 98 valence electrons. The second kappa shape index (κ2) is 7.31. The summed E-state index contributed by atoms with van der Waals surface area (Å²) in [7, 11) is 1.81. The fourth-order valence-corrected chi connectivity index (χ4v) is 4.84. The Kier molecular flexibility index (Phi) is 6.41. The van der Waals surface area contributed by atoms with Crippen molar-refractivity contribution in [2.45, 2.75) is 57.1 Å². The van der Waals surface area contributed by atoms with E-state index in [1.807, 2.05) is 0 Å². The van der Waals surface area contributed by atoms with E-state index in [9.17, 15) is 5.21 Å². The zero-order valence-corrected chi connectivity index (χ0v) is 12.5. The Morgan fingerprint density at radius 1 is 1.18 bits per heavy atom. The quantitative estimate of drug-likeness (QED) is 0.578. The molecule has 0 aromatic carbocycles. The molecule has 1 fully saturated rings. The first-order valence-electron chi connectivity index (χ1n) is 6.28. The lowest BCUT2D eigenvalue weighted by molar-refractivity contribution is 0.317. The molecule has 3 nitrogen and oxygen atoms in total. The summed E-state index contributed by atoms with van der Waals surface area (Å²) in [6.07, 6.45) is 6.87. The van der Waals surface area contributed by atoms with Gasteiger partial charge in [-0.05, 0) is 24.6 Å². The SMILES string of the molecule is CCCCC1(CCCC)SC(=NC)S/C1=N\O. The Morgan fingerprint density at radius 2 is 1.76 bits per heavy atom. The van der Waals surface area contributed by atoms with E-state index >= 15 is 0 Å². The summed E-state index contributed by atoms with van der Waals surface area (Å²) in [6.45, 7) is 4.40. The van der Waals surface area contributed by atoms with Crippen molar-refractivity contribution < 1.29 is 5.21 Å². The van der Waals surface area contributed by atoms with Gasteiger partial charge in [-0.25, -0.2) is 0 Å². The van der Waals surface area contributed by atoms with E-state index in [1.165, 1.54) is 37.4 Å². The smallest absolute Gasteiger partial charge is 0.136 e. The Bertz CT molecular complexity index is 295. The summed E-state index contributed by atoms with van der Waals surface area (Å²) in [5.41, 5.74) is 0. The predicted molar refractivity (Wildman–Crippen MR) is 79.5 cm³/mol. The third kappa shape index (κ3) is 3.65. The molecule has 0 spiro atoms. The monoisotopic (exact) mass is 274 g/mol. The van der Waals surface area contributed by atoms with E-state index < -0.39 is 0 Å². The minimum atomic E-state index is -0.0136.